The van der Waals surface area contributed by atoms with Crippen LogP contribution in [0.25, 0.3) is 0 Å². The molecule has 2 atom stereocenters. The number of carboxylic acids is 1. The van der Waals surface area contributed by atoms with Gasteiger partial charge in [0.05, 0.1) is 0 Å². The maximum atomic E-state index is 11.8. The molecule has 0 heterocycles. The molecule has 0 amide bonds. The van der Waals surface area contributed by atoms with Gasteiger partial charge in [0.15, 0.2) is 0 Å². The SMILES string of the molecule is CCN(C(C)C)C(C)CCC(C)(C)OC(=O)CC[C@H](N)C(=O)O. The Morgan fingerprint density at radius 3 is 2.22 bits per heavy atom. The van der Waals surface area contributed by atoms with Crippen molar-refractivity contribution in [1.29, 1.82) is 0 Å². The van der Waals surface area contributed by atoms with Gasteiger partial charge < -0.3 is 15.6 Å². The summed E-state index contributed by atoms with van der Waals surface area (Å²) >= 11 is 0. The van der Waals surface area contributed by atoms with Crippen LogP contribution in [0.2, 0.25) is 0 Å². The van der Waals surface area contributed by atoms with Crippen LogP contribution in [0.5, 0.6) is 0 Å². The highest BCUT2D eigenvalue weighted by Crippen LogP contribution is 2.21. The number of nitrogens with two attached hydrogens (primary N) is 1. The van der Waals surface area contributed by atoms with Gasteiger partial charge in [0.2, 0.25) is 0 Å². The smallest absolute Gasteiger partial charge is 0.320 e. The van der Waals surface area contributed by atoms with E-state index in [2.05, 4.69) is 32.6 Å². The molecule has 0 saturated carbocycles. The third-order valence-electron chi connectivity index (χ3n) is 4.13. The number of carboxylic acid groups (broad SMARTS) is 1. The summed E-state index contributed by atoms with van der Waals surface area (Å²) in [4.78, 5) is 24.9. The van der Waals surface area contributed by atoms with Gasteiger partial charge >= 0.3 is 11.9 Å². The largest absolute Gasteiger partial charge is 0.480 e. The van der Waals surface area contributed by atoms with E-state index >= 15 is 0 Å². The molecule has 0 spiro atoms. The Labute approximate surface area is 140 Å². The van der Waals surface area contributed by atoms with Crippen molar-refractivity contribution in [1.82, 2.24) is 4.90 Å². The Morgan fingerprint density at radius 2 is 1.78 bits per heavy atom. The maximum absolute atomic E-state index is 11.8. The van der Waals surface area contributed by atoms with Crippen LogP contribution >= 0.6 is 0 Å². The predicted octanol–water partition coefficient (Wildman–Crippen LogP) is 2.40. The Balaban J connectivity index is 4.32. The molecule has 0 aliphatic heterocycles. The summed E-state index contributed by atoms with van der Waals surface area (Å²) in [7, 11) is 0. The number of esters is 1. The second kappa shape index (κ2) is 9.88. The van der Waals surface area contributed by atoms with Crippen molar-refractivity contribution in [2.45, 2.75) is 91.0 Å². The van der Waals surface area contributed by atoms with E-state index in [1.54, 1.807) is 0 Å². The molecular weight excluding hydrogens is 296 g/mol. The fourth-order valence-corrected chi connectivity index (χ4v) is 2.72. The topological polar surface area (TPSA) is 92.9 Å². The molecule has 0 bridgehead atoms. The summed E-state index contributed by atoms with van der Waals surface area (Å²) in [6, 6.07) is -0.119. The molecule has 0 aromatic carbocycles. The Morgan fingerprint density at radius 1 is 1.22 bits per heavy atom. The second-order valence-corrected chi connectivity index (χ2v) is 7.03. The molecule has 0 aliphatic carbocycles. The first-order chi connectivity index (χ1) is 10.5. The molecule has 0 aliphatic rings. The van der Waals surface area contributed by atoms with Crippen molar-refractivity contribution in [3.63, 3.8) is 0 Å². The van der Waals surface area contributed by atoms with Gasteiger partial charge in [0, 0.05) is 18.5 Å². The van der Waals surface area contributed by atoms with Gasteiger partial charge in [-0.2, -0.15) is 0 Å². The monoisotopic (exact) mass is 330 g/mol. The molecule has 0 radical (unpaired) electrons. The molecule has 23 heavy (non-hydrogen) atoms. The molecule has 3 N–H and O–H groups in total. The normalized spacial score (nSPS) is 14.8. The summed E-state index contributed by atoms with van der Waals surface area (Å²) in [6.07, 6.45) is 1.81. The number of carbonyl (C=O) groups excluding carboxylic acids is 1. The first-order valence-corrected chi connectivity index (χ1v) is 8.46. The van der Waals surface area contributed by atoms with Gasteiger partial charge in [-0.05, 0) is 60.4 Å². The van der Waals surface area contributed by atoms with Crippen LogP contribution in [0.15, 0.2) is 0 Å². The van der Waals surface area contributed by atoms with Crippen molar-refractivity contribution < 1.29 is 19.4 Å². The predicted molar refractivity (Wildman–Crippen MR) is 91.2 cm³/mol. The quantitative estimate of drug-likeness (QED) is 0.565. The molecule has 0 aromatic rings. The third kappa shape index (κ3) is 8.91. The lowest BCUT2D eigenvalue weighted by Crippen LogP contribution is -2.40. The van der Waals surface area contributed by atoms with Gasteiger partial charge in [-0.3, -0.25) is 14.5 Å². The van der Waals surface area contributed by atoms with Gasteiger partial charge in [-0.1, -0.05) is 6.92 Å². The van der Waals surface area contributed by atoms with Gasteiger partial charge in [0.25, 0.3) is 0 Å². The molecule has 1 unspecified atom stereocenters. The van der Waals surface area contributed by atoms with Crippen LogP contribution < -0.4 is 5.73 Å². The van der Waals surface area contributed by atoms with Crippen LogP contribution in [-0.2, 0) is 14.3 Å². The first-order valence-electron chi connectivity index (χ1n) is 8.46. The fourth-order valence-electron chi connectivity index (χ4n) is 2.72. The zero-order valence-electron chi connectivity index (χ0n) is 15.5. The molecule has 0 fully saturated rings. The molecular formula is C17H34N2O4. The van der Waals surface area contributed by atoms with Crippen molar-refractivity contribution in [2.24, 2.45) is 5.73 Å². The van der Waals surface area contributed by atoms with Crippen LogP contribution in [0.3, 0.4) is 0 Å². The minimum absolute atomic E-state index is 0.0273. The van der Waals surface area contributed by atoms with Crippen molar-refractivity contribution >= 4 is 11.9 Å². The lowest BCUT2D eigenvalue weighted by molar-refractivity contribution is -0.157. The van der Waals surface area contributed by atoms with E-state index in [0.717, 1.165) is 19.4 Å². The Bertz CT molecular complexity index is 383. The van der Waals surface area contributed by atoms with Gasteiger partial charge in [0.1, 0.15) is 11.6 Å². The number of rotatable bonds is 11. The number of hydrogen-bond acceptors (Lipinski definition) is 5. The van der Waals surface area contributed by atoms with Crippen molar-refractivity contribution in [3.8, 4) is 0 Å². The molecule has 0 aromatic heterocycles. The van der Waals surface area contributed by atoms with Gasteiger partial charge in [-0.15, -0.1) is 0 Å². The molecule has 0 rings (SSSR count). The number of hydrogen-bond donors (Lipinski definition) is 2. The number of carbonyl (C=O) groups is 2. The van der Waals surface area contributed by atoms with Crippen LogP contribution in [0.4, 0.5) is 0 Å². The summed E-state index contributed by atoms with van der Waals surface area (Å²) in [5.41, 5.74) is 4.83. The zero-order chi connectivity index (χ0) is 18.2. The highest BCUT2D eigenvalue weighted by atomic mass is 16.6. The lowest BCUT2D eigenvalue weighted by atomic mass is 9.98. The number of ether oxygens (including phenoxy) is 1. The van der Waals surface area contributed by atoms with Crippen LogP contribution in [0, 0.1) is 0 Å². The Kier molecular flexibility index (Phi) is 9.39. The third-order valence-corrected chi connectivity index (χ3v) is 4.13. The minimum Gasteiger partial charge on any atom is -0.480 e. The summed E-state index contributed by atoms with van der Waals surface area (Å²) in [5.74, 6) is -1.49. The lowest BCUT2D eigenvalue weighted by Gasteiger charge is -2.34. The van der Waals surface area contributed by atoms with E-state index in [-0.39, 0.29) is 12.8 Å². The Hall–Kier alpha value is -1.14. The van der Waals surface area contributed by atoms with Crippen LogP contribution in [-0.4, -0.2) is 52.2 Å². The highest BCUT2D eigenvalue weighted by molar-refractivity contribution is 5.75. The van der Waals surface area contributed by atoms with E-state index in [1.807, 2.05) is 13.8 Å². The second-order valence-electron chi connectivity index (χ2n) is 7.03. The fraction of sp³-hybridized carbons (Fsp3) is 0.882. The van der Waals surface area contributed by atoms with Crippen molar-refractivity contribution in [3.05, 3.63) is 0 Å². The number of nitrogens with zero attached hydrogens (tertiary/aromatic N) is 1. The highest BCUT2D eigenvalue weighted by Gasteiger charge is 2.26. The van der Waals surface area contributed by atoms with Crippen molar-refractivity contribution in [2.75, 3.05) is 6.54 Å². The molecule has 136 valence electrons. The van der Waals surface area contributed by atoms with Crippen LogP contribution in [0.1, 0.15) is 67.2 Å². The molecule has 6 nitrogen and oxygen atoms in total. The summed E-state index contributed by atoms with van der Waals surface area (Å²) in [6.45, 7) is 13.5. The average molecular weight is 330 g/mol. The van der Waals surface area contributed by atoms with E-state index in [9.17, 15) is 9.59 Å². The van der Waals surface area contributed by atoms with Gasteiger partial charge in [-0.25, -0.2) is 0 Å². The summed E-state index contributed by atoms with van der Waals surface area (Å²) in [5, 5.41) is 8.71. The number of aliphatic carboxylic acids is 1. The van der Waals surface area contributed by atoms with E-state index in [0.29, 0.717) is 12.1 Å². The first kappa shape index (κ1) is 21.9. The molecule has 6 heteroatoms. The van der Waals surface area contributed by atoms with E-state index in [1.165, 1.54) is 0 Å². The van der Waals surface area contributed by atoms with E-state index in [4.69, 9.17) is 15.6 Å². The standard InChI is InChI=1S/C17H34N2O4/c1-7-19(12(2)3)13(4)10-11-17(5,6)23-15(20)9-8-14(18)16(21)22/h12-14H,7-11,18H2,1-6H3,(H,21,22)/t13?,14-/m0/s1. The average Bonchev–Trinajstić information content (AvgIpc) is 2.42. The van der Waals surface area contributed by atoms with E-state index < -0.39 is 23.6 Å². The zero-order valence-corrected chi connectivity index (χ0v) is 15.5. The molecule has 0 saturated heterocycles. The minimum atomic E-state index is -1.10. The maximum Gasteiger partial charge on any atom is 0.320 e. The summed E-state index contributed by atoms with van der Waals surface area (Å²) < 4.78 is 5.49.